The van der Waals surface area contributed by atoms with Gasteiger partial charge in [-0.25, -0.2) is 0 Å². The molecule has 0 aliphatic carbocycles. The van der Waals surface area contributed by atoms with Gasteiger partial charge in [-0.05, 0) is 12.3 Å². The molecular formula is C7H14N2. The molecule has 9 heavy (non-hydrogen) atoms. The van der Waals surface area contributed by atoms with Crippen molar-refractivity contribution in [1.82, 2.24) is 10.6 Å². The van der Waals surface area contributed by atoms with Crippen LogP contribution in [0.25, 0.3) is 0 Å². The third-order valence-electron chi connectivity index (χ3n) is 2.55. The third-order valence-corrected chi connectivity index (χ3v) is 2.55. The summed E-state index contributed by atoms with van der Waals surface area (Å²) in [7, 11) is 0. The Morgan fingerprint density at radius 2 is 2.22 bits per heavy atom. The Bertz CT molecular complexity index is 111. The van der Waals surface area contributed by atoms with E-state index in [-0.39, 0.29) is 0 Å². The number of fused-ring (bicyclic) bond motifs is 2. The predicted molar refractivity (Wildman–Crippen MR) is 37.4 cm³/mol. The van der Waals surface area contributed by atoms with Gasteiger partial charge in [-0.3, -0.25) is 0 Å². The summed E-state index contributed by atoms with van der Waals surface area (Å²) in [5, 5.41) is 6.99. The van der Waals surface area contributed by atoms with Gasteiger partial charge in [0, 0.05) is 25.2 Å². The van der Waals surface area contributed by atoms with Crippen molar-refractivity contribution in [3.8, 4) is 0 Å². The lowest BCUT2D eigenvalue weighted by Crippen LogP contribution is -2.49. The van der Waals surface area contributed by atoms with E-state index < -0.39 is 0 Å². The molecule has 2 saturated heterocycles. The average Bonchev–Trinajstić information content (AvgIpc) is 2.09. The molecule has 0 aromatic rings. The van der Waals surface area contributed by atoms with Crippen LogP contribution in [0.2, 0.25) is 0 Å². The third kappa shape index (κ3) is 0.864. The van der Waals surface area contributed by atoms with E-state index in [4.69, 9.17) is 0 Å². The van der Waals surface area contributed by atoms with Gasteiger partial charge in [-0.2, -0.15) is 0 Å². The van der Waals surface area contributed by atoms with E-state index >= 15 is 0 Å². The van der Waals surface area contributed by atoms with Crippen LogP contribution in [0.5, 0.6) is 0 Å². The van der Waals surface area contributed by atoms with Gasteiger partial charge in [0.05, 0.1) is 0 Å². The van der Waals surface area contributed by atoms with E-state index in [9.17, 15) is 0 Å². The molecule has 3 atom stereocenters. The van der Waals surface area contributed by atoms with Gasteiger partial charge < -0.3 is 10.6 Å². The zero-order valence-corrected chi connectivity index (χ0v) is 5.85. The van der Waals surface area contributed by atoms with Crippen LogP contribution >= 0.6 is 0 Å². The lowest BCUT2D eigenvalue weighted by molar-refractivity contribution is 0.401. The van der Waals surface area contributed by atoms with Crippen LogP contribution in [-0.4, -0.2) is 25.2 Å². The molecule has 2 heterocycles. The molecule has 2 fully saturated rings. The first kappa shape index (κ1) is 5.69. The van der Waals surface area contributed by atoms with Crippen molar-refractivity contribution < 1.29 is 0 Å². The summed E-state index contributed by atoms with van der Waals surface area (Å²) in [5.41, 5.74) is 0. The number of piperazine rings is 1. The van der Waals surface area contributed by atoms with Crippen LogP contribution in [0, 0.1) is 5.92 Å². The normalized spacial score (nSPS) is 49.7. The average molecular weight is 126 g/mol. The Morgan fingerprint density at radius 1 is 1.33 bits per heavy atom. The van der Waals surface area contributed by atoms with Crippen molar-refractivity contribution in [2.45, 2.75) is 25.4 Å². The van der Waals surface area contributed by atoms with Crippen molar-refractivity contribution in [2.24, 2.45) is 5.92 Å². The Hall–Kier alpha value is -0.0800. The summed E-state index contributed by atoms with van der Waals surface area (Å²) in [4.78, 5) is 0. The first-order chi connectivity index (χ1) is 4.36. The fraction of sp³-hybridized carbons (Fsp3) is 1.00. The second-order valence-corrected chi connectivity index (χ2v) is 3.34. The van der Waals surface area contributed by atoms with Crippen molar-refractivity contribution in [2.75, 3.05) is 13.1 Å². The van der Waals surface area contributed by atoms with Crippen molar-refractivity contribution >= 4 is 0 Å². The molecule has 2 aliphatic rings. The van der Waals surface area contributed by atoms with Gasteiger partial charge in [-0.15, -0.1) is 0 Å². The summed E-state index contributed by atoms with van der Waals surface area (Å²) in [6.07, 6.45) is 1.37. The van der Waals surface area contributed by atoms with Crippen molar-refractivity contribution in [3.63, 3.8) is 0 Å². The molecule has 2 nitrogen and oxygen atoms in total. The van der Waals surface area contributed by atoms with E-state index in [1.807, 2.05) is 0 Å². The summed E-state index contributed by atoms with van der Waals surface area (Å²) >= 11 is 0. The highest BCUT2D eigenvalue weighted by Crippen LogP contribution is 2.21. The monoisotopic (exact) mass is 126 g/mol. The molecule has 0 radical (unpaired) electrons. The topological polar surface area (TPSA) is 24.1 Å². The Labute approximate surface area is 56.0 Å². The molecule has 2 rings (SSSR count). The maximum atomic E-state index is 3.58. The Kier molecular flexibility index (Phi) is 1.24. The fourth-order valence-electron chi connectivity index (χ4n) is 1.96. The molecule has 0 amide bonds. The van der Waals surface area contributed by atoms with Crippen LogP contribution in [0.15, 0.2) is 0 Å². The molecule has 0 aromatic heterocycles. The highest BCUT2D eigenvalue weighted by Gasteiger charge is 2.32. The van der Waals surface area contributed by atoms with Crippen LogP contribution in [-0.2, 0) is 0 Å². The molecular weight excluding hydrogens is 112 g/mol. The standard InChI is InChI=1S/C7H14N2/c1-5-2-6-3-8-4-7(5)9-6/h5-9H,2-4H2,1H3. The molecule has 2 bridgehead atoms. The number of rotatable bonds is 0. The Morgan fingerprint density at radius 3 is 2.89 bits per heavy atom. The number of hydrogen-bond donors (Lipinski definition) is 2. The molecule has 3 unspecified atom stereocenters. The second-order valence-electron chi connectivity index (χ2n) is 3.34. The summed E-state index contributed by atoms with van der Waals surface area (Å²) in [6, 6.07) is 1.54. The zero-order chi connectivity index (χ0) is 6.27. The van der Waals surface area contributed by atoms with Crippen LogP contribution in [0.4, 0.5) is 0 Å². The summed E-state index contributed by atoms with van der Waals surface area (Å²) in [6.45, 7) is 4.70. The Balaban J connectivity index is 2.07. The largest absolute Gasteiger partial charge is 0.314 e. The van der Waals surface area contributed by atoms with E-state index in [1.54, 1.807) is 0 Å². The van der Waals surface area contributed by atoms with Gasteiger partial charge in [0.15, 0.2) is 0 Å². The van der Waals surface area contributed by atoms with E-state index in [0.717, 1.165) is 18.0 Å². The summed E-state index contributed by atoms with van der Waals surface area (Å²) < 4.78 is 0. The van der Waals surface area contributed by atoms with Gasteiger partial charge in [-0.1, -0.05) is 6.92 Å². The van der Waals surface area contributed by atoms with Gasteiger partial charge in [0.25, 0.3) is 0 Å². The number of nitrogens with one attached hydrogen (secondary N) is 2. The van der Waals surface area contributed by atoms with Crippen molar-refractivity contribution in [3.05, 3.63) is 0 Å². The van der Waals surface area contributed by atoms with E-state index in [2.05, 4.69) is 17.6 Å². The second kappa shape index (κ2) is 1.96. The van der Waals surface area contributed by atoms with E-state index in [1.165, 1.54) is 19.5 Å². The molecule has 0 spiro atoms. The van der Waals surface area contributed by atoms with Crippen LogP contribution in [0.1, 0.15) is 13.3 Å². The first-order valence-electron chi connectivity index (χ1n) is 3.83. The van der Waals surface area contributed by atoms with Crippen molar-refractivity contribution in [1.29, 1.82) is 0 Å². The molecule has 52 valence electrons. The quantitative estimate of drug-likeness (QED) is 0.476. The smallest absolute Gasteiger partial charge is 0.0221 e. The molecule has 2 N–H and O–H groups in total. The van der Waals surface area contributed by atoms with Crippen LogP contribution < -0.4 is 10.6 Å². The highest BCUT2D eigenvalue weighted by atomic mass is 15.1. The molecule has 2 aliphatic heterocycles. The maximum Gasteiger partial charge on any atom is 0.0221 e. The minimum Gasteiger partial charge on any atom is -0.314 e. The predicted octanol–water partition coefficient (Wildman–Crippen LogP) is -0.0438. The van der Waals surface area contributed by atoms with Gasteiger partial charge >= 0.3 is 0 Å². The van der Waals surface area contributed by atoms with Gasteiger partial charge in [0.2, 0.25) is 0 Å². The minimum absolute atomic E-state index is 0.767. The summed E-state index contributed by atoms with van der Waals surface area (Å²) in [5.74, 6) is 0.894. The molecule has 0 aromatic carbocycles. The minimum atomic E-state index is 0.767. The fourth-order valence-corrected chi connectivity index (χ4v) is 1.96. The molecule has 0 saturated carbocycles. The first-order valence-corrected chi connectivity index (χ1v) is 3.83. The molecule has 2 heteroatoms. The van der Waals surface area contributed by atoms with Gasteiger partial charge in [0.1, 0.15) is 0 Å². The zero-order valence-electron chi connectivity index (χ0n) is 5.85. The lowest BCUT2D eigenvalue weighted by Gasteiger charge is -2.22. The highest BCUT2D eigenvalue weighted by molar-refractivity contribution is 4.94. The van der Waals surface area contributed by atoms with Crippen LogP contribution in [0.3, 0.4) is 0 Å². The SMILES string of the molecule is CC1CC2CNCC1N2. The number of hydrogen-bond acceptors (Lipinski definition) is 2. The maximum absolute atomic E-state index is 3.58. The lowest BCUT2D eigenvalue weighted by atomic mass is 10.0. The van der Waals surface area contributed by atoms with E-state index in [0.29, 0.717) is 0 Å².